The number of hydrogen-bond acceptors (Lipinski definition) is 2. The van der Waals surface area contributed by atoms with E-state index in [-0.39, 0.29) is 18.0 Å². The standard InChI is InChI=1S/C13H21N5O/c1-2-11(17-13(16)18-12(14)15)9-19-8-10-6-4-3-5-7-10/h3-7,11H,2,8-9H2,1H3,(H6,14,15,16,17,18). The molecule has 0 amide bonds. The normalized spacial score (nSPS) is 13.0. The third-order valence-electron chi connectivity index (χ3n) is 2.45. The minimum absolute atomic E-state index is 0.0492. The van der Waals surface area contributed by atoms with Crippen molar-refractivity contribution in [2.24, 2.45) is 27.2 Å². The quantitative estimate of drug-likeness (QED) is 0.514. The van der Waals surface area contributed by atoms with Crippen molar-refractivity contribution in [3.05, 3.63) is 35.9 Å². The fourth-order valence-corrected chi connectivity index (χ4v) is 1.48. The van der Waals surface area contributed by atoms with E-state index in [2.05, 4.69) is 9.98 Å². The number of guanidine groups is 2. The van der Waals surface area contributed by atoms with Gasteiger partial charge in [0.05, 0.1) is 19.3 Å². The van der Waals surface area contributed by atoms with Crippen LogP contribution in [0.25, 0.3) is 0 Å². The van der Waals surface area contributed by atoms with Gasteiger partial charge in [0, 0.05) is 0 Å². The maximum absolute atomic E-state index is 5.60. The van der Waals surface area contributed by atoms with Crippen molar-refractivity contribution in [2.45, 2.75) is 26.0 Å². The van der Waals surface area contributed by atoms with Gasteiger partial charge in [-0.25, -0.2) is 4.99 Å². The molecule has 0 bridgehead atoms. The average Bonchev–Trinajstić information content (AvgIpc) is 2.38. The maximum atomic E-state index is 5.60. The van der Waals surface area contributed by atoms with Crippen molar-refractivity contribution in [3.8, 4) is 0 Å². The molecule has 0 aliphatic carbocycles. The molecule has 6 nitrogen and oxygen atoms in total. The molecule has 0 aliphatic heterocycles. The lowest BCUT2D eigenvalue weighted by Gasteiger charge is -2.11. The van der Waals surface area contributed by atoms with Crippen molar-refractivity contribution in [1.29, 1.82) is 0 Å². The molecule has 0 heterocycles. The van der Waals surface area contributed by atoms with Gasteiger partial charge in [0.15, 0.2) is 5.96 Å². The van der Waals surface area contributed by atoms with Crippen molar-refractivity contribution in [2.75, 3.05) is 6.61 Å². The van der Waals surface area contributed by atoms with Crippen LogP contribution >= 0.6 is 0 Å². The maximum Gasteiger partial charge on any atom is 0.218 e. The first kappa shape index (κ1) is 15.0. The second-order valence-corrected chi connectivity index (χ2v) is 4.09. The number of nitrogens with zero attached hydrogens (tertiary/aromatic N) is 2. The molecule has 0 spiro atoms. The molecule has 0 fully saturated rings. The second kappa shape index (κ2) is 8.10. The van der Waals surface area contributed by atoms with Crippen LogP contribution in [0.15, 0.2) is 40.3 Å². The van der Waals surface area contributed by atoms with Gasteiger partial charge in [-0.1, -0.05) is 37.3 Å². The van der Waals surface area contributed by atoms with E-state index in [1.54, 1.807) is 0 Å². The van der Waals surface area contributed by atoms with Crippen LogP contribution in [0.5, 0.6) is 0 Å². The molecule has 0 saturated heterocycles. The fourth-order valence-electron chi connectivity index (χ4n) is 1.48. The van der Waals surface area contributed by atoms with Crippen molar-refractivity contribution < 1.29 is 4.74 Å². The Labute approximate surface area is 113 Å². The topological polar surface area (TPSA) is 112 Å². The molecular weight excluding hydrogens is 242 g/mol. The highest BCUT2D eigenvalue weighted by atomic mass is 16.5. The van der Waals surface area contributed by atoms with E-state index in [4.69, 9.17) is 21.9 Å². The van der Waals surface area contributed by atoms with Crippen LogP contribution in [-0.2, 0) is 11.3 Å². The Morgan fingerprint density at radius 2 is 1.89 bits per heavy atom. The average molecular weight is 263 g/mol. The van der Waals surface area contributed by atoms with Gasteiger partial charge in [-0.3, -0.25) is 0 Å². The first-order valence-corrected chi connectivity index (χ1v) is 6.16. The van der Waals surface area contributed by atoms with Crippen LogP contribution in [0.1, 0.15) is 18.9 Å². The van der Waals surface area contributed by atoms with Crippen molar-refractivity contribution >= 4 is 11.9 Å². The number of ether oxygens (including phenoxy) is 1. The lowest BCUT2D eigenvalue weighted by molar-refractivity contribution is 0.107. The second-order valence-electron chi connectivity index (χ2n) is 4.09. The summed E-state index contributed by atoms with van der Waals surface area (Å²) in [7, 11) is 0. The van der Waals surface area contributed by atoms with E-state index < -0.39 is 0 Å². The first-order chi connectivity index (χ1) is 9.11. The van der Waals surface area contributed by atoms with E-state index in [0.29, 0.717) is 13.2 Å². The van der Waals surface area contributed by atoms with Crippen molar-refractivity contribution in [1.82, 2.24) is 0 Å². The molecule has 0 aromatic heterocycles. The highest BCUT2D eigenvalue weighted by molar-refractivity contribution is 5.92. The van der Waals surface area contributed by atoms with Gasteiger partial charge in [0.25, 0.3) is 0 Å². The summed E-state index contributed by atoms with van der Waals surface area (Å²) in [6.07, 6.45) is 0.801. The molecule has 0 saturated carbocycles. The monoisotopic (exact) mass is 263 g/mol. The van der Waals surface area contributed by atoms with Crippen LogP contribution in [0.3, 0.4) is 0 Å². The molecule has 1 rings (SSSR count). The van der Waals surface area contributed by atoms with Crippen molar-refractivity contribution in [3.63, 3.8) is 0 Å². The van der Waals surface area contributed by atoms with Gasteiger partial charge >= 0.3 is 0 Å². The lowest BCUT2D eigenvalue weighted by Crippen LogP contribution is -2.27. The number of aliphatic imine (C=N–C) groups is 2. The molecule has 1 aromatic carbocycles. The molecule has 6 N–H and O–H groups in total. The lowest BCUT2D eigenvalue weighted by atomic mass is 10.2. The number of nitrogens with two attached hydrogens (primary N) is 3. The first-order valence-electron chi connectivity index (χ1n) is 6.16. The Hall–Kier alpha value is -2.08. The van der Waals surface area contributed by atoms with Gasteiger partial charge in [-0.05, 0) is 12.0 Å². The summed E-state index contributed by atoms with van der Waals surface area (Å²) < 4.78 is 5.60. The Balaban J connectivity index is 2.43. The summed E-state index contributed by atoms with van der Waals surface area (Å²) in [6.45, 7) is 3.03. The third-order valence-corrected chi connectivity index (χ3v) is 2.45. The zero-order valence-electron chi connectivity index (χ0n) is 11.1. The van der Waals surface area contributed by atoms with E-state index in [1.165, 1.54) is 0 Å². The molecule has 6 heteroatoms. The van der Waals surface area contributed by atoms with E-state index in [9.17, 15) is 0 Å². The highest BCUT2D eigenvalue weighted by Gasteiger charge is 2.05. The minimum Gasteiger partial charge on any atom is -0.375 e. The van der Waals surface area contributed by atoms with Gasteiger partial charge in [0.1, 0.15) is 0 Å². The summed E-state index contributed by atoms with van der Waals surface area (Å²) >= 11 is 0. The molecule has 1 unspecified atom stereocenters. The zero-order chi connectivity index (χ0) is 14.1. The Morgan fingerprint density at radius 1 is 1.21 bits per heavy atom. The minimum atomic E-state index is -0.0960. The van der Waals surface area contributed by atoms with Gasteiger partial charge in [-0.2, -0.15) is 4.99 Å². The summed E-state index contributed by atoms with van der Waals surface area (Å²) in [4.78, 5) is 7.86. The number of hydrogen-bond donors (Lipinski definition) is 3. The molecule has 1 aromatic rings. The van der Waals surface area contributed by atoms with Crippen LogP contribution < -0.4 is 17.2 Å². The zero-order valence-corrected chi connectivity index (χ0v) is 11.1. The summed E-state index contributed by atoms with van der Waals surface area (Å²) in [5.74, 6) is -0.0172. The van der Waals surface area contributed by atoms with Crippen LogP contribution in [0.2, 0.25) is 0 Å². The predicted molar refractivity (Wildman–Crippen MR) is 77.6 cm³/mol. The molecule has 0 aliphatic rings. The van der Waals surface area contributed by atoms with Gasteiger partial charge in [-0.15, -0.1) is 0 Å². The number of rotatable bonds is 6. The Bertz CT molecular complexity index is 426. The van der Waals surface area contributed by atoms with E-state index in [0.717, 1.165) is 12.0 Å². The molecule has 104 valence electrons. The Kier molecular flexibility index (Phi) is 6.38. The van der Waals surface area contributed by atoms with Crippen LogP contribution in [-0.4, -0.2) is 24.6 Å². The summed E-state index contributed by atoms with van der Waals surface area (Å²) in [5, 5.41) is 0. The summed E-state index contributed by atoms with van der Waals surface area (Å²) in [6, 6.07) is 9.90. The SMILES string of the molecule is CCC(COCc1ccccc1)N=C(N)N=C(N)N. The smallest absolute Gasteiger partial charge is 0.218 e. The molecular formula is C13H21N5O. The number of benzene rings is 1. The largest absolute Gasteiger partial charge is 0.375 e. The van der Waals surface area contributed by atoms with Gasteiger partial charge < -0.3 is 21.9 Å². The molecule has 1 atom stereocenters. The van der Waals surface area contributed by atoms with Crippen LogP contribution in [0, 0.1) is 0 Å². The van der Waals surface area contributed by atoms with Gasteiger partial charge in [0.2, 0.25) is 5.96 Å². The fraction of sp³-hybridized carbons (Fsp3) is 0.385. The van der Waals surface area contributed by atoms with E-state index in [1.807, 2.05) is 37.3 Å². The van der Waals surface area contributed by atoms with Crippen LogP contribution in [0.4, 0.5) is 0 Å². The highest BCUT2D eigenvalue weighted by Crippen LogP contribution is 2.04. The van der Waals surface area contributed by atoms with E-state index >= 15 is 0 Å². The summed E-state index contributed by atoms with van der Waals surface area (Å²) in [5.41, 5.74) is 17.1. The third kappa shape index (κ3) is 6.42. The molecule has 19 heavy (non-hydrogen) atoms. The molecule has 0 radical (unpaired) electrons. The Morgan fingerprint density at radius 3 is 2.47 bits per heavy atom. The predicted octanol–water partition coefficient (Wildman–Crippen LogP) is 0.570.